The van der Waals surface area contributed by atoms with Crippen LogP contribution in [-0.2, 0) is 10.0 Å². The SMILES string of the molecule is N#Cc1ccc(-c2ccccc2)c(NS(=O)(=O)c2cc(C(=O)O)ccc2C2CC2)c1. The van der Waals surface area contributed by atoms with Gasteiger partial charge in [-0.25, -0.2) is 13.2 Å². The number of benzene rings is 3. The van der Waals surface area contributed by atoms with Gasteiger partial charge in [-0.05, 0) is 54.2 Å². The summed E-state index contributed by atoms with van der Waals surface area (Å²) < 4.78 is 29.2. The predicted molar refractivity (Wildman–Crippen MR) is 113 cm³/mol. The van der Waals surface area contributed by atoms with E-state index < -0.39 is 16.0 Å². The Hall–Kier alpha value is -3.63. The average molecular weight is 418 g/mol. The van der Waals surface area contributed by atoms with E-state index in [9.17, 15) is 23.6 Å². The first kappa shape index (κ1) is 19.7. The van der Waals surface area contributed by atoms with Crippen LogP contribution in [0.1, 0.15) is 40.2 Å². The minimum Gasteiger partial charge on any atom is -0.478 e. The van der Waals surface area contributed by atoms with Crippen molar-refractivity contribution >= 4 is 21.7 Å². The fraction of sp³-hybridized carbons (Fsp3) is 0.130. The first-order valence-corrected chi connectivity index (χ1v) is 10.9. The van der Waals surface area contributed by atoms with E-state index in [4.69, 9.17) is 0 Å². The summed E-state index contributed by atoms with van der Waals surface area (Å²) in [5.74, 6) is -1.08. The van der Waals surface area contributed by atoms with Gasteiger partial charge >= 0.3 is 5.97 Å². The van der Waals surface area contributed by atoms with Crippen molar-refractivity contribution < 1.29 is 18.3 Å². The van der Waals surface area contributed by atoms with Crippen molar-refractivity contribution in [2.24, 2.45) is 0 Å². The number of aromatic carboxylic acids is 1. The number of anilines is 1. The molecule has 0 atom stereocenters. The molecule has 0 aliphatic heterocycles. The van der Waals surface area contributed by atoms with Crippen LogP contribution in [0, 0.1) is 11.3 Å². The van der Waals surface area contributed by atoms with Crippen molar-refractivity contribution in [1.29, 1.82) is 5.26 Å². The van der Waals surface area contributed by atoms with Gasteiger partial charge in [-0.3, -0.25) is 4.72 Å². The zero-order valence-electron chi connectivity index (χ0n) is 15.9. The van der Waals surface area contributed by atoms with Gasteiger partial charge in [0.05, 0.1) is 27.8 Å². The monoisotopic (exact) mass is 418 g/mol. The van der Waals surface area contributed by atoms with Crippen LogP contribution in [0.4, 0.5) is 5.69 Å². The summed E-state index contributed by atoms with van der Waals surface area (Å²) in [6.45, 7) is 0. The van der Waals surface area contributed by atoms with Crippen LogP contribution in [0.5, 0.6) is 0 Å². The van der Waals surface area contributed by atoms with E-state index in [2.05, 4.69) is 4.72 Å². The number of carboxylic acid groups (broad SMARTS) is 1. The Morgan fingerprint density at radius 3 is 2.40 bits per heavy atom. The van der Waals surface area contributed by atoms with Crippen molar-refractivity contribution in [1.82, 2.24) is 0 Å². The van der Waals surface area contributed by atoms with E-state index in [-0.39, 0.29) is 22.1 Å². The van der Waals surface area contributed by atoms with Gasteiger partial charge in [-0.2, -0.15) is 5.26 Å². The first-order chi connectivity index (χ1) is 14.4. The molecule has 30 heavy (non-hydrogen) atoms. The Balaban J connectivity index is 1.82. The van der Waals surface area contributed by atoms with Gasteiger partial charge in [0.1, 0.15) is 0 Å². The molecule has 1 aliphatic carbocycles. The molecule has 0 saturated heterocycles. The molecule has 0 aromatic heterocycles. The molecular formula is C23H18N2O4S. The second-order valence-electron chi connectivity index (χ2n) is 7.18. The van der Waals surface area contributed by atoms with Crippen molar-refractivity contribution in [2.45, 2.75) is 23.7 Å². The highest BCUT2D eigenvalue weighted by molar-refractivity contribution is 7.92. The topological polar surface area (TPSA) is 107 Å². The van der Waals surface area contributed by atoms with Crippen LogP contribution in [0.25, 0.3) is 11.1 Å². The molecule has 7 heteroatoms. The van der Waals surface area contributed by atoms with Gasteiger partial charge < -0.3 is 5.11 Å². The number of nitrogens with zero attached hydrogens (tertiary/aromatic N) is 1. The van der Waals surface area contributed by atoms with E-state index in [0.717, 1.165) is 18.4 Å². The molecular weight excluding hydrogens is 400 g/mol. The Kier molecular flexibility index (Phi) is 5.02. The third-order valence-corrected chi connectivity index (χ3v) is 6.47. The van der Waals surface area contributed by atoms with Crippen molar-refractivity contribution in [2.75, 3.05) is 4.72 Å². The number of nitriles is 1. The highest BCUT2D eigenvalue weighted by Crippen LogP contribution is 2.43. The van der Waals surface area contributed by atoms with Crippen LogP contribution in [0.15, 0.2) is 71.6 Å². The minimum atomic E-state index is -4.08. The molecule has 4 rings (SSSR count). The number of hydrogen-bond acceptors (Lipinski definition) is 4. The van der Waals surface area contributed by atoms with Crippen molar-refractivity contribution in [3.05, 3.63) is 83.4 Å². The van der Waals surface area contributed by atoms with Crippen molar-refractivity contribution in [3.63, 3.8) is 0 Å². The molecule has 3 aromatic carbocycles. The Labute approximate surface area is 174 Å². The standard InChI is InChI=1S/C23H18N2O4S/c24-14-15-6-10-19(16-4-2-1-3-5-16)21(12-15)25-30(28,29)22-13-18(23(26)27)9-11-20(22)17-7-8-17/h1-6,9-13,17,25H,7-8H2,(H,26,27). The third kappa shape index (κ3) is 3.91. The normalized spacial score (nSPS) is 13.4. The summed E-state index contributed by atoms with van der Waals surface area (Å²) in [6, 6.07) is 20.3. The van der Waals surface area contributed by atoms with Crippen LogP contribution in [-0.4, -0.2) is 19.5 Å². The molecule has 0 bridgehead atoms. The fourth-order valence-electron chi connectivity index (χ4n) is 3.40. The van der Waals surface area contributed by atoms with Gasteiger partial charge in [0.15, 0.2) is 0 Å². The molecule has 2 N–H and O–H groups in total. The number of nitrogens with one attached hydrogen (secondary N) is 1. The lowest BCUT2D eigenvalue weighted by molar-refractivity contribution is 0.0696. The molecule has 1 aliphatic rings. The second-order valence-corrected chi connectivity index (χ2v) is 8.83. The number of hydrogen-bond donors (Lipinski definition) is 2. The van der Waals surface area contributed by atoms with Crippen LogP contribution >= 0.6 is 0 Å². The zero-order valence-corrected chi connectivity index (χ0v) is 16.7. The maximum atomic E-state index is 13.3. The molecule has 0 spiro atoms. The molecule has 150 valence electrons. The summed E-state index contributed by atoms with van der Waals surface area (Å²) in [4.78, 5) is 11.4. The maximum Gasteiger partial charge on any atom is 0.335 e. The largest absolute Gasteiger partial charge is 0.478 e. The molecule has 3 aromatic rings. The number of carboxylic acids is 1. The summed E-state index contributed by atoms with van der Waals surface area (Å²) in [6.07, 6.45) is 1.74. The summed E-state index contributed by atoms with van der Waals surface area (Å²) in [5.41, 5.74) is 2.53. The number of rotatable bonds is 6. The van der Waals surface area contributed by atoms with Crippen LogP contribution in [0.3, 0.4) is 0 Å². The maximum absolute atomic E-state index is 13.3. The number of sulfonamides is 1. The lowest BCUT2D eigenvalue weighted by Crippen LogP contribution is -2.16. The third-order valence-electron chi connectivity index (χ3n) is 5.04. The van der Waals surface area contributed by atoms with Crippen molar-refractivity contribution in [3.8, 4) is 17.2 Å². The van der Waals surface area contributed by atoms with Gasteiger partial charge in [-0.1, -0.05) is 42.5 Å². The van der Waals surface area contributed by atoms with E-state index in [0.29, 0.717) is 16.7 Å². The highest BCUT2D eigenvalue weighted by Gasteiger charge is 2.31. The lowest BCUT2D eigenvalue weighted by Gasteiger charge is -2.16. The lowest BCUT2D eigenvalue weighted by atomic mass is 10.0. The Bertz CT molecular complexity index is 1270. The molecule has 0 unspecified atom stereocenters. The van der Waals surface area contributed by atoms with E-state index >= 15 is 0 Å². The summed E-state index contributed by atoms with van der Waals surface area (Å²) >= 11 is 0. The van der Waals surface area contributed by atoms with Gasteiger partial charge in [0.25, 0.3) is 10.0 Å². The molecule has 1 fully saturated rings. The van der Waals surface area contributed by atoms with E-state index in [1.165, 1.54) is 18.2 Å². The van der Waals surface area contributed by atoms with Gasteiger partial charge in [0.2, 0.25) is 0 Å². The Morgan fingerprint density at radius 1 is 1.03 bits per heavy atom. The Morgan fingerprint density at radius 2 is 1.77 bits per heavy atom. The minimum absolute atomic E-state index is 0.0359. The summed E-state index contributed by atoms with van der Waals surface area (Å²) in [7, 11) is -4.08. The van der Waals surface area contributed by atoms with Crippen LogP contribution in [0.2, 0.25) is 0 Å². The second kappa shape index (κ2) is 7.65. The van der Waals surface area contributed by atoms with Gasteiger partial charge in [-0.15, -0.1) is 0 Å². The number of carbonyl (C=O) groups is 1. The molecule has 1 saturated carbocycles. The van der Waals surface area contributed by atoms with E-state index in [1.807, 2.05) is 36.4 Å². The average Bonchev–Trinajstić information content (AvgIpc) is 3.59. The highest BCUT2D eigenvalue weighted by atomic mass is 32.2. The van der Waals surface area contributed by atoms with E-state index in [1.54, 1.807) is 18.2 Å². The summed E-state index contributed by atoms with van der Waals surface area (Å²) in [5, 5.41) is 18.6. The van der Waals surface area contributed by atoms with Crippen LogP contribution < -0.4 is 4.72 Å². The fourth-order valence-corrected chi connectivity index (χ4v) is 4.79. The molecule has 0 amide bonds. The molecule has 0 heterocycles. The smallest absolute Gasteiger partial charge is 0.335 e. The predicted octanol–water partition coefficient (Wildman–Crippen LogP) is 4.60. The molecule has 0 radical (unpaired) electrons. The van der Waals surface area contributed by atoms with Gasteiger partial charge in [0, 0.05) is 5.56 Å². The molecule has 6 nitrogen and oxygen atoms in total. The first-order valence-electron chi connectivity index (χ1n) is 9.38. The quantitative estimate of drug-likeness (QED) is 0.608. The zero-order chi connectivity index (χ0) is 21.3.